The Morgan fingerprint density at radius 3 is 0.969 bits per heavy atom. The quantitative estimate of drug-likeness (QED) is 0.0262. The normalized spacial score (nSPS) is 12.5. The van der Waals surface area contributed by atoms with Crippen molar-refractivity contribution in [2.24, 2.45) is 0 Å². The van der Waals surface area contributed by atoms with Gasteiger partial charge in [-0.05, 0) is 103 Å². The maximum Gasteiger partial charge on any atom is 0.306 e. The van der Waals surface area contributed by atoms with Crippen LogP contribution in [0.5, 0.6) is 0 Å². The Labute approximate surface area is 402 Å². The monoisotopic (exact) mass is 909 g/mol. The zero-order valence-electron chi connectivity index (χ0n) is 43.0. The van der Waals surface area contributed by atoms with Gasteiger partial charge in [0.1, 0.15) is 13.2 Å². The molecular weight excluding hydrogens is 805 g/mol. The highest BCUT2D eigenvalue weighted by molar-refractivity contribution is 5.71. The number of ether oxygens (including phenoxy) is 3. The van der Waals surface area contributed by atoms with Crippen LogP contribution in [0.25, 0.3) is 0 Å². The van der Waals surface area contributed by atoms with Crippen molar-refractivity contribution in [3.8, 4) is 0 Å². The van der Waals surface area contributed by atoms with Crippen molar-refractivity contribution in [3.63, 3.8) is 0 Å². The molecule has 0 bridgehead atoms. The molecule has 0 aliphatic carbocycles. The molecule has 6 nitrogen and oxygen atoms in total. The molecule has 65 heavy (non-hydrogen) atoms. The third-order valence-electron chi connectivity index (χ3n) is 12.0. The molecule has 0 saturated heterocycles. The molecule has 1 atom stereocenters. The molecule has 6 heteroatoms. The molecule has 376 valence electrons. The SMILES string of the molecule is CC/C=C\C/C=C\C/C=C\CCCCCCCC(=O)OC[C@H](COC(=O)CCCCCCCCC/C=C\CCCCCC)OC(=O)CCCCCCCCC/C=C\CCCCCCCC. The average molecular weight is 909 g/mol. The molecule has 0 N–H and O–H groups in total. The van der Waals surface area contributed by atoms with Gasteiger partial charge in [-0.2, -0.15) is 0 Å². The summed E-state index contributed by atoms with van der Waals surface area (Å²) in [5, 5.41) is 0. The number of hydrogen-bond acceptors (Lipinski definition) is 6. The van der Waals surface area contributed by atoms with Crippen LogP contribution >= 0.6 is 0 Å². The third-order valence-corrected chi connectivity index (χ3v) is 12.0. The van der Waals surface area contributed by atoms with E-state index in [1.807, 2.05) is 0 Å². The molecule has 0 saturated carbocycles. The summed E-state index contributed by atoms with van der Waals surface area (Å²) in [4.78, 5) is 38.1. The highest BCUT2D eigenvalue weighted by Gasteiger charge is 2.19. The molecule has 0 aromatic carbocycles. The van der Waals surface area contributed by atoms with Crippen LogP contribution in [0.2, 0.25) is 0 Å². The minimum absolute atomic E-state index is 0.0830. The minimum atomic E-state index is -0.785. The van der Waals surface area contributed by atoms with Gasteiger partial charge in [0.2, 0.25) is 0 Å². The van der Waals surface area contributed by atoms with Gasteiger partial charge < -0.3 is 14.2 Å². The van der Waals surface area contributed by atoms with Gasteiger partial charge >= 0.3 is 17.9 Å². The van der Waals surface area contributed by atoms with Crippen LogP contribution in [0.3, 0.4) is 0 Å². The lowest BCUT2D eigenvalue weighted by atomic mass is 10.1. The fourth-order valence-electron chi connectivity index (χ4n) is 7.80. The molecule has 0 aliphatic heterocycles. The van der Waals surface area contributed by atoms with E-state index in [0.717, 1.165) is 96.3 Å². The third kappa shape index (κ3) is 51.9. The lowest BCUT2D eigenvalue weighted by Gasteiger charge is -2.18. The van der Waals surface area contributed by atoms with E-state index < -0.39 is 6.10 Å². The molecule has 0 amide bonds. The number of esters is 3. The predicted molar refractivity (Wildman–Crippen MR) is 279 cm³/mol. The van der Waals surface area contributed by atoms with Gasteiger partial charge in [0.25, 0.3) is 0 Å². The first-order chi connectivity index (χ1) is 32.0. The second-order valence-corrected chi connectivity index (χ2v) is 18.5. The fraction of sp³-hybridized carbons (Fsp3) is 0.780. The first-order valence-electron chi connectivity index (χ1n) is 27.8. The van der Waals surface area contributed by atoms with Crippen LogP contribution < -0.4 is 0 Å². The first-order valence-corrected chi connectivity index (χ1v) is 27.8. The summed E-state index contributed by atoms with van der Waals surface area (Å²) in [5.74, 6) is -0.901. The van der Waals surface area contributed by atoms with Crippen LogP contribution in [0.4, 0.5) is 0 Å². The van der Waals surface area contributed by atoms with Crippen LogP contribution in [-0.2, 0) is 28.6 Å². The Morgan fingerprint density at radius 2 is 0.600 bits per heavy atom. The van der Waals surface area contributed by atoms with E-state index in [-0.39, 0.29) is 31.1 Å². The minimum Gasteiger partial charge on any atom is -0.462 e. The van der Waals surface area contributed by atoms with Crippen molar-refractivity contribution in [1.29, 1.82) is 0 Å². The molecule has 0 unspecified atom stereocenters. The summed E-state index contributed by atoms with van der Waals surface area (Å²) in [6, 6.07) is 0. The number of hydrogen-bond donors (Lipinski definition) is 0. The molecule has 0 radical (unpaired) electrons. The Bertz CT molecular complexity index is 1180. The molecule has 0 fully saturated rings. The smallest absolute Gasteiger partial charge is 0.306 e. The van der Waals surface area contributed by atoms with Crippen LogP contribution in [0.1, 0.15) is 278 Å². The van der Waals surface area contributed by atoms with Crippen LogP contribution in [-0.4, -0.2) is 37.2 Å². The van der Waals surface area contributed by atoms with E-state index in [1.165, 1.54) is 141 Å². The highest BCUT2D eigenvalue weighted by Crippen LogP contribution is 2.15. The lowest BCUT2D eigenvalue weighted by molar-refractivity contribution is -0.167. The van der Waals surface area contributed by atoms with Gasteiger partial charge in [-0.3, -0.25) is 14.4 Å². The number of carbonyl (C=O) groups excluding carboxylic acids is 3. The molecule has 0 aromatic rings. The first kappa shape index (κ1) is 62.1. The van der Waals surface area contributed by atoms with Crippen molar-refractivity contribution in [2.45, 2.75) is 284 Å². The van der Waals surface area contributed by atoms with Crippen molar-refractivity contribution in [3.05, 3.63) is 60.8 Å². The van der Waals surface area contributed by atoms with Gasteiger partial charge in [-0.25, -0.2) is 0 Å². The van der Waals surface area contributed by atoms with Crippen molar-refractivity contribution in [1.82, 2.24) is 0 Å². The van der Waals surface area contributed by atoms with Gasteiger partial charge in [0, 0.05) is 19.3 Å². The van der Waals surface area contributed by atoms with Crippen molar-refractivity contribution >= 4 is 17.9 Å². The molecular formula is C59H104O6. The van der Waals surface area contributed by atoms with E-state index in [0.29, 0.717) is 19.3 Å². The molecule has 0 heterocycles. The van der Waals surface area contributed by atoms with Crippen LogP contribution in [0.15, 0.2) is 60.8 Å². The van der Waals surface area contributed by atoms with Crippen LogP contribution in [0, 0.1) is 0 Å². The summed E-state index contributed by atoms with van der Waals surface area (Å²) in [5.41, 5.74) is 0. The summed E-state index contributed by atoms with van der Waals surface area (Å²) >= 11 is 0. The topological polar surface area (TPSA) is 78.9 Å². The van der Waals surface area contributed by atoms with E-state index in [1.54, 1.807) is 0 Å². The Kier molecular flexibility index (Phi) is 51.3. The van der Waals surface area contributed by atoms with Gasteiger partial charge in [-0.1, -0.05) is 216 Å². The number of carbonyl (C=O) groups is 3. The molecule has 0 spiro atoms. The van der Waals surface area contributed by atoms with Gasteiger partial charge in [0.05, 0.1) is 0 Å². The van der Waals surface area contributed by atoms with E-state index >= 15 is 0 Å². The zero-order valence-corrected chi connectivity index (χ0v) is 43.0. The summed E-state index contributed by atoms with van der Waals surface area (Å²) in [7, 11) is 0. The predicted octanol–water partition coefficient (Wildman–Crippen LogP) is 18.4. The number of rotatable bonds is 50. The largest absolute Gasteiger partial charge is 0.462 e. The fourth-order valence-corrected chi connectivity index (χ4v) is 7.80. The maximum absolute atomic E-state index is 12.8. The molecule has 0 aromatic heterocycles. The zero-order chi connectivity index (χ0) is 47.2. The lowest BCUT2D eigenvalue weighted by Crippen LogP contribution is -2.30. The Morgan fingerprint density at radius 1 is 0.323 bits per heavy atom. The summed E-state index contributed by atoms with van der Waals surface area (Å²) in [6.45, 7) is 6.51. The average Bonchev–Trinajstić information content (AvgIpc) is 3.30. The summed E-state index contributed by atoms with van der Waals surface area (Å²) in [6.07, 6.45) is 66.3. The summed E-state index contributed by atoms with van der Waals surface area (Å²) < 4.78 is 16.8. The van der Waals surface area contributed by atoms with E-state index in [9.17, 15) is 14.4 Å². The maximum atomic E-state index is 12.8. The highest BCUT2D eigenvalue weighted by atomic mass is 16.6. The number of unbranched alkanes of at least 4 members (excludes halogenated alkanes) is 29. The molecule has 0 aliphatic rings. The number of allylic oxidation sites excluding steroid dienone is 10. The second kappa shape index (κ2) is 53.7. The van der Waals surface area contributed by atoms with Crippen molar-refractivity contribution < 1.29 is 28.6 Å². The Balaban J connectivity index is 4.40. The molecule has 0 rings (SSSR count). The van der Waals surface area contributed by atoms with Crippen molar-refractivity contribution in [2.75, 3.05) is 13.2 Å². The Hall–Kier alpha value is -2.89. The van der Waals surface area contributed by atoms with Gasteiger partial charge in [-0.15, -0.1) is 0 Å². The van der Waals surface area contributed by atoms with E-state index in [4.69, 9.17) is 14.2 Å². The standard InChI is InChI=1S/C59H104O6/c1-4-7-10-13-16-19-22-25-28-29-32-35-38-41-44-47-50-53-59(62)65-56(54-63-57(60)51-48-45-42-39-36-33-30-26-23-20-17-14-11-8-5-2)55-64-58(61)52-49-46-43-40-37-34-31-27-24-21-18-15-12-9-6-3/h8,11,17,20-21,24-26,28,30,56H,4-7,9-10,12-16,18-19,22-23,27,29,31-55H2,1-3H3/b11-8-,20-17-,24-21-,28-25-,30-26-/t56-/m1/s1. The second-order valence-electron chi connectivity index (χ2n) is 18.5. The van der Waals surface area contributed by atoms with Gasteiger partial charge in [0.15, 0.2) is 6.10 Å². The van der Waals surface area contributed by atoms with E-state index in [2.05, 4.69) is 81.5 Å².